The van der Waals surface area contributed by atoms with Crippen molar-refractivity contribution in [2.45, 2.75) is 25.2 Å². The van der Waals surface area contributed by atoms with Gasteiger partial charge in [-0.3, -0.25) is 0 Å². The summed E-state index contributed by atoms with van der Waals surface area (Å²) in [6.45, 7) is 0.0331. The monoisotopic (exact) mass is 220 g/mol. The van der Waals surface area contributed by atoms with Crippen molar-refractivity contribution in [2.75, 3.05) is 6.61 Å². The van der Waals surface area contributed by atoms with Gasteiger partial charge < -0.3 is 14.9 Å². The topological polar surface area (TPSA) is 49.7 Å². The lowest BCUT2D eigenvalue weighted by molar-refractivity contribution is -0.0619. The second-order valence-electron chi connectivity index (χ2n) is 3.49. The van der Waals surface area contributed by atoms with E-state index in [1.807, 2.05) is 30.3 Å². The lowest BCUT2D eigenvalue weighted by atomic mass is 10.1. The zero-order valence-corrected chi connectivity index (χ0v) is 9.04. The molecule has 3 nitrogen and oxygen atoms in total. The highest BCUT2D eigenvalue weighted by atomic mass is 16.5. The fourth-order valence-corrected chi connectivity index (χ4v) is 1.32. The van der Waals surface area contributed by atoms with E-state index in [4.69, 9.17) is 16.3 Å². The van der Waals surface area contributed by atoms with E-state index >= 15 is 0 Å². The standard InChI is InChI=1S/C13H16O3/c1-2-6-13(12(15)9-14)16-10-11-7-4-3-5-8-11/h1,3-5,7-8,12-15H,6,9-10H2/t12-,13+/m1/s1. The Balaban J connectivity index is 2.47. The van der Waals surface area contributed by atoms with E-state index in [0.717, 1.165) is 5.56 Å². The van der Waals surface area contributed by atoms with Gasteiger partial charge in [-0.2, -0.15) is 0 Å². The van der Waals surface area contributed by atoms with Crippen LogP contribution in [0.4, 0.5) is 0 Å². The SMILES string of the molecule is C#CC[C@H](OCc1ccccc1)[C@H](O)CO. The number of terminal acetylenes is 1. The molecule has 1 aromatic rings. The lowest BCUT2D eigenvalue weighted by Gasteiger charge is -2.19. The summed E-state index contributed by atoms with van der Waals surface area (Å²) >= 11 is 0. The molecule has 0 heterocycles. The maximum absolute atomic E-state index is 9.46. The third-order valence-corrected chi connectivity index (χ3v) is 2.24. The van der Waals surface area contributed by atoms with Crippen molar-refractivity contribution in [3.63, 3.8) is 0 Å². The Labute approximate surface area is 95.7 Å². The third kappa shape index (κ3) is 4.03. The van der Waals surface area contributed by atoms with Crippen LogP contribution in [0.3, 0.4) is 0 Å². The van der Waals surface area contributed by atoms with Crippen LogP contribution >= 0.6 is 0 Å². The van der Waals surface area contributed by atoms with Gasteiger partial charge in [0.25, 0.3) is 0 Å². The van der Waals surface area contributed by atoms with E-state index < -0.39 is 12.2 Å². The number of ether oxygens (including phenoxy) is 1. The van der Waals surface area contributed by atoms with Crippen LogP contribution in [-0.4, -0.2) is 29.0 Å². The summed E-state index contributed by atoms with van der Waals surface area (Å²) in [5.74, 6) is 2.42. The fraction of sp³-hybridized carbons (Fsp3) is 0.385. The highest BCUT2D eigenvalue weighted by Crippen LogP contribution is 2.09. The van der Waals surface area contributed by atoms with Crippen molar-refractivity contribution in [1.29, 1.82) is 0 Å². The minimum atomic E-state index is -0.931. The van der Waals surface area contributed by atoms with Crippen LogP contribution in [0.5, 0.6) is 0 Å². The Morgan fingerprint density at radius 2 is 2.00 bits per heavy atom. The summed E-state index contributed by atoms with van der Waals surface area (Å²) in [5.41, 5.74) is 1.01. The Kier molecular flexibility index (Phi) is 5.58. The van der Waals surface area contributed by atoms with Crippen LogP contribution in [0.15, 0.2) is 30.3 Å². The van der Waals surface area contributed by atoms with Gasteiger partial charge >= 0.3 is 0 Å². The van der Waals surface area contributed by atoms with Crippen molar-refractivity contribution in [1.82, 2.24) is 0 Å². The molecule has 1 aromatic carbocycles. The van der Waals surface area contributed by atoms with Gasteiger partial charge in [0.15, 0.2) is 0 Å². The molecule has 0 aliphatic heterocycles. The minimum absolute atomic E-state index is 0.286. The maximum Gasteiger partial charge on any atom is 0.104 e. The largest absolute Gasteiger partial charge is 0.394 e. The maximum atomic E-state index is 9.46. The van der Waals surface area contributed by atoms with E-state index in [2.05, 4.69) is 5.92 Å². The minimum Gasteiger partial charge on any atom is -0.394 e. The van der Waals surface area contributed by atoms with E-state index in [9.17, 15) is 5.11 Å². The summed E-state index contributed by atoms with van der Waals surface area (Å²) in [7, 11) is 0. The predicted octanol–water partition coefficient (Wildman–Crippen LogP) is 0.948. The van der Waals surface area contributed by atoms with Gasteiger partial charge in [-0.05, 0) is 5.56 Å². The molecule has 1 rings (SSSR count). The molecule has 0 aliphatic rings. The van der Waals surface area contributed by atoms with Crippen LogP contribution in [0.25, 0.3) is 0 Å². The van der Waals surface area contributed by atoms with E-state index in [1.54, 1.807) is 0 Å². The van der Waals surface area contributed by atoms with Crippen molar-refractivity contribution in [2.24, 2.45) is 0 Å². The molecule has 2 atom stereocenters. The van der Waals surface area contributed by atoms with Gasteiger partial charge in [-0.15, -0.1) is 12.3 Å². The van der Waals surface area contributed by atoms with Gasteiger partial charge in [0, 0.05) is 6.42 Å². The first-order valence-electron chi connectivity index (χ1n) is 5.16. The van der Waals surface area contributed by atoms with Crippen LogP contribution in [0.1, 0.15) is 12.0 Å². The molecule has 0 fully saturated rings. The average molecular weight is 220 g/mol. The summed E-state index contributed by atoms with van der Waals surface area (Å²) in [6.07, 6.45) is 4.01. The number of aliphatic hydroxyl groups is 2. The number of benzene rings is 1. The molecule has 0 saturated heterocycles. The zero-order chi connectivity index (χ0) is 11.8. The summed E-state index contributed by atoms with van der Waals surface area (Å²) in [4.78, 5) is 0. The summed E-state index contributed by atoms with van der Waals surface area (Å²) in [5, 5.41) is 18.3. The fourth-order valence-electron chi connectivity index (χ4n) is 1.32. The quantitative estimate of drug-likeness (QED) is 0.702. The first-order valence-corrected chi connectivity index (χ1v) is 5.16. The first kappa shape index (κ1) is 12.7. The molecule has 0 amide bonds. The number of hydrogen-bond donors (Lipinski definition) is 2. The molecule has 0 bridgehead atoms. The first-order chi connectivity index (χ1) is 7.77. The molecule has 0 radical (unpaired) electrons. The Morgan fingerprint density at radius 3 is 2.56 bits per heavy atom. The van der Waals surface area contributed by atoms with Crippen molar-refractivity contribution < 1.29 is 14.9 Å². The van der Waals surface area contributed by atoms with Gasteiger partial charge in [0.2, 0.25) is 0 Å². The molecule has 86 valence electrons. The number of hydrogen-bond acceptors (Lipinski definition) is 3. The van der Waals surface area contributed by atoms with Crippen molar-refractivity contribution >= 4 is 0 Å². The third-order valence-electron chi connectivity index (χ3n) is 2.24. The molecular weight excluding hydrogens is 204 g/mol. The molecule has 0 spiro atoms. The second kappa shape index (κ2) is 7.02. The molecule has 16 heavy (non-hydrogen) atoms. The van der Waals surface area contributed by atoms with Crippen molar-refractivity contribution in [3.8, 4) is 12.3 Å². The lowest BCUT2D eigenvalue weighted by Crippen LogP contribution is -2.31. The Bertz CT molecular complexity index is 329. The smallest absolute Gasteiger partial charge is 0.104 e. The molecule has 2 N–H and O–H groups in total. The molecule has 0 aromatic heterocycles. The Hall–Kier alpha value is -1.34. The summed E-state index contributed by atoms with van der Waals surface area (Å²) < 4.78 is 5.47. The average Bonchev–Trinajstić information content (AvgIpc) is 2.34. The Morgan fingerprint density at radius 1 is 1.31 bits per heavy atom. The van der Waals surface area contributed by atoms with Gasteiger partial charge in [-0.25, -0.2) is 0 Å². The van der Waals surface area contributed by atoms with E-state index in [-0.39, 0.29) is 13.0 Å². The highest BCUT2D eigenvalue weighted by Gasteiger charge is 2.17. The molecule has 0 unspecified atom stereocenters. The number of aliphatic hydroxyl groups excluding tert-OH is 2. The van der Waals surface area contributed by atoms with Gasteiger partial charge in [-0.1, -0.05) is 30.3 Å². The molecule has 0 saturated carbocycles. The van der Waals surface area contributed by atoms with Crippen LogP contribution in [0.2, 0.25) is 0 Å². The predicted molar refractivity (Wildman–Crippen MR) is 61.6 cm³/mol. The van der Waals surface area contributed by atoms with E-state index in [0.29, 0.717) is 6.61 Å². The highest BCUT2D eigenvalue weighted by molar-refractivity contribution is 5.13. The van der Waals surface area contributed by atoms with Crippen LogP contribution in [-0.2, 0) is 11.3 Å². The van der Waals surface area contributed by atoms with Crippen LogP contribution < -0.4 is 0 Å². The second-order valence-corrected chi connectivity index (χ2v) is 3.49. The molecular formula is C13H16O3. The zero-order valence-electron chi connectivity index (χ0n) is 9.04. The van der Waals surface area contributed by atoms with E-state index in [1.165, 1.54) is 0 Å². The molecule has 0 aliphatic carbocycles. The van der Waals surface area contributed by atoms with Crippen molar-refractivity contribution in [3.05, 3.63) is 35.9 Å². The summed E-state index contributed by atoms with van der Waals surface area (Å²) in [6, 6.07) is 9.61. The van der Waals surface area contributed by atoms with Gasteiger partial charge in [0.05, 0.1) is 19.3 Å². The molecule has 3 heteroatoms. The normalized spacial score (nSPS) is 14.1. The number of rotatable bonds is 6. The van der Waals surface area contributed by atoms with Gasteiger partial charge in [0.1, 0.15) is 6.10 Å². The van der Waals surface area contributed by atoms with Crippen LogP contribution in [0, 0.1) is 12.3 Å².